The minimum Gasteiger partial charge on any atom is -0.497 e. The summed E-state index contributed by atoms with van der Waals surface area (Å²) in [5.41, 5.74) is 4.89. The Morgan fingerprint density at radius 3 is 1.84 bits per heavy atom. The summed E-state index contributed by atoms with van der Waals surface area (Å²) in [5, 5.41) is 21.3. The predicted molar refractivity (Wildman–Crippen MR) is 182 cm³/mol. The molecule has 10 nitrogen and oxygen atoms in total. The number of benzene rings is 5. The van der Waals surface area contributed by atoms with Crippen molar-refractivity contribution in [3.8, 4) is 28.7 Å². The first-order chi connectivity index (χ1) is 23.7. The van der Waals surface area contributed by atoms with Gasteiger partial charge < -0.3 is 24.8 Å². The van der Waals surface area contributed by atoms with E-state index in [2.05, 4.69) is 11.4 Å². The monoisotopic (exact) mass is 653 g/mol. The van der Waals surface area contributed by atoms with Crippen LogP contribution in [0.5, 0.6) is 11.5 Å². The highest BCUT2D eigenvalue weighted by Gasteiger charge is 2.20. The zero-order valence-corrected chi connectivity index (χ0v) is 26.5. The molecule has 0 radical (unpaired) electrons. The first-order valence-corrected chi connectivity index (χ1v) is 15.2. The van der Waals surface area contributed by atoms with Crippen LogP contribution in [-0.4, -0.2) is 47.4 Å². The van der Waals surface area contributed by atoms with Gasteiger partial charge in [-0.25, -0.2) is 4.79 Å². The summed E-state index contributed by atoms with van der Waals surface area (Å²) in [4.78, 5) is 51.4. The highest BCUT2D eigenvalue weighted by atomic mass is 16.5. The van der Waals surface area contributed by atoms with Crippen molar-refractivity contribution in [2.24, 2.45) is 0 Å². The predicted octanol–water partition coefficient (Wildman–Crippen LogP) is 6.36. The van der Waals surface area contributed by atoms with Gasteiger partial charge in [0.05, 0.1) is 30.7 Å². The van der Waals surface area contributed by atoms with Crippen LogP contribution < -0.4 is 14.8 Å². The molecule has 0 spiro atoms. The van der Waals surface area contributed by atoms with Gasteiger partial charge in [0.1, 0.15) is 18.0 Å². The smallest absolute Gasteiger partial charge is 0.343 e. The summed E-state index contributed by atoms with van der Waals surface area (Å²) in [5.74, 6) is -1.48. The second kappa shape index (κ2) is 15.7. The molecule has 5 aromatic rings. The summed E-state index contributed by atoms with van der Waals surface area (Å²) >= 11 is 0. The third-order valence-electron chi connectivity index (χ3n) is 7.53. The van der Waals surface area contributed by atoms with E-state index in [4.69, 9.17) is 14.7 Å². The summed E-state index contributed by atoms with van der Waals surface area (Å²) in [6, 6.07) is 35.9. The van der Waals surface area contributed by atoms with Crippen LogP contribution >= 0.6 is 0 Å². The molecule has 0 aliphatic rings. The number of esters is 1. The second-order valence-corrected chi connectivity index (χ2v) is 11.0. The summed E-state index contributed by atoms with van der Waals surface area (Å²) in [6.07, 6.45) is 0.156. The molecule has 2 N–H and O–H groups in total. The molecule has 0 aliphatic heterocycles. The fourth-order valence-corrected chi connectivity index (χ4v) is 4.96. The number of carbonyl (C=O) groups excluding carboxylic acids is 3. The molecule has 0 aromatic heterocycles. The van der Waals surface area contributed by atoms with E-state index < -0.39 is 24.4 Å². The van der Waals surface area contributed by atoms with Crippen LogP contribution in [0.15, 0.2) is 121 Å². The number of hydrogen-bond acceptors (Lipinski definition) is 7. The average molecular weight is 654 g/mol. The van der Waals surface area contributed by atoms with Gasteiger partial charge in [-0.05, 0) is 95.1 Å². The normalized spacial score (nSPS) is 10.4. The summed E-state index contributed by atoms with van der Waals surface area (Å²) in [6.45, 7) is -0.537. The summed E-state index contributed by atoms with van der Waals surface area (Å²) in [7, 11) is 1.57. The Kier molecular flexibility index (Phi) is 10.8. The molecule has 0 aliphatic carbocycles. The molecule has 0 bridgehead atoms. The van der Waals surface area contributed by atoms with E-state index in [9.17, 15) is 24.3 Å². The highest BCUT2D eigenvalue weighted by Crippen LogP contribution is 2.22. The Balaban J connectivity index is 1.17. The Morgan fingerprint density at radius 1 is 0.714 bits per heavy atom. The fraction of sp³-hybridized carbons (Fsp3) is 0.103. The number of methoxy groups -OCH3 is 1. The van der Waals surface area contributed by atoms with Crippen molar-refractivity contribution in [1.29, 1.82) is 5.26 Å². The summed E-state index contributed by atoms with van der Waals surface area (Å²) < 4.78 is 10.6. The number of hydrogen-bond donors (Lipinski definition) is 2. The molecule has 0 saturated carbocycles. The topological polar surface area (TPSA) is 146 Å². The van der Waals surface area contributed by atoms with Gasteiger partial charge in [0.25, 0.3) is 5.91 Å². The number of carboxylic acid groups (broad SMARTS) is 1. The molecule has 0 fully saturated rings. The van der Waals surface area contributed by atoms with E-state index in [1.54, 1.807) is 104 Å². The number of amides is 2. The second-order valence-electron chi connectivity index (χ2n) is 11.0. The van der Waals surface area contributed by atoms with Gasteiger partial charge in [-0.3, -0.25) is 14.4 Å². The van der Waals surface area contributed by atoms with Gasteiger partial charge >= 0.3 is 11.9 Å². The van der Waals surface area contributed by atoms with Crippen molar-refractivity contribution < 1.29 is 33.8 Å². The Morgan fingerprint density at radius 2 is 1.27 bits per heavy atom. The molecule has 0 heterocycles. The number of carbonyl (C=O) groups is 4. The molecule has 5 rings (SSSR count). The van der Waals surface area contributed by atoms with Crippen LogP contribution in [0.1, 0.15) is 37.4 Å². The zero-order valence-electron chi connectivity index (χ0n) is 26.5. The van der Waals surface area contributed by atoms with Crippen LogP contribution in [0.4, 0.5) is 5.69 Å². The van der Waals surface area contributed by atoms with Crippen LogP contribution in [0.3, 0.4) is 0 Å². The van der Waals surface area contributed by atoms with Crippen LogP contribution in [0, 0.1) is 11.3 Å². The number of nitrogens with zero attached hydrogens (tertiary/aromatic N) is 2. The average Bonchev–Trinajstić information content (AvgIpc) is 3.12. The quantitative estimate of drug-likeness (QED) is 0.117. The van der Waals surface area contributed by atoms with E-state index in [0.29, 0.717) is 28.1 Å². The highest BCUT2D eigenvalue weighted by molar-refractivity contribution is 5.97. The third kappa shape index (κ3) is 9.18. The number of carboxylic acids is 1. The fourth-order valence-electron chi connectivity index (χ4n) is 4.96. The van der Waals surface area contributed by atoms with E-state index in [1.165, 1.54) is 17.0 Å². The maximum absolute atomic E-state index is 13.3. The van der Waals surface area contributed by atoms with Crippen LogP contribution in [0.25, 0.3) is 11.1 Å². The first-order valence-electron chi connectivity index (χ1n) is 15.2. The van der Waals surface area contributed by atoms with Gasteiger partial charge in [0, 0.05) is 17.8 Å². The van der Waals surface area contributed by atoms with Gasteiger partial charge in [-0.15, -0.1) is 0 Å². The van der Waals surface area contributed by atoms with Crippen molar-refractivity contribution in [1.82, 2.24) is 4.90 Å². The third-order valence-corrected chi connectivity index (χ3v) is 7.53. The SMILES string of the molecule is COc1ccc(CC(=O)Nc2ccc(C(=O)N(CC(=O)O)Cc3ccc(OC(=O)c4ccc(-c5ccc(C#N)cc5)cc4)cc3)cc2)cc1. The molecular formula is C39H31N3O7. The Labute approximate surface area is 282 Å². The molecule has 0 unspecified atom stereocenters. The molecule has 0 saturated heterocycles. The van der Waals surface area contributed by atoms with Crippen LogP contribution in [-0.2, 0) is 22.6 Å². The van der Waals surface area contributed by atoms with E-state index in [0.717, 1.165) is 16.7 Å². The first kappa shape index (κ1) is 33.6. The Hall–Kier alpha value is -6.73. The van der Waals surface area contributed by atoms with Crippen molar-refractivity contribution in [2.45, 2.75) is 13.0 Å². The number of aliphatic carboxylic acids is 1. The minimum atomic E-state index is -1.17. The van der Waals surface area contributed by atoms with Gasteiger partial charge in [-0.1, -0.05) is 48.5 Å². The lowest BCUT2D eigenvalue weighted by Gasteiger charge is -2.21. The molecule has 2 amide bonds. The van der Waals surface area contributed by atoms with E-state index in [-0.39, 0.29) is 30.2 Å². The maximum atomic E-state index is 13.3. The number of rotatable bonds is 12. The number of nitrogens with one attached hydrogen (secondary N) is 1. The van der Waals surface area contributed by atoms with Crippen molar-refractivity contribution in [3.05, 3.63) is 149 Å². The maximum Gasteiger partial charge on any atom is 0.343 e. The lowest BCUT2D eigenvalue weighted by molar-refractivity contribution is -0.137. The lowest BCUT2D eigenvalue weighted by atomic mass is 10.0. The Bertz CT molecular complexity index is 1980. The minimum absolute atomic E-state index is 0.00346. The van der Waals surface area contributed by atoms with Crippen LogP contribution in [0.2, 0.25) is 0 Å². The number of nitriles is 1. The van der Waals surface area contributed by atoms with Gasteiger partial charge in [0.2, 0.25) is 5.91 Å². The molecule has 244 valence electrons. The van der Waals surface area contributed by atoms with Crippen molar-refractivity contribution in [2.75, 3.05) is 19.0 Å². The molecule has 5 aromatic carbocycles. The van der Waals surface area contributed by atoms with Gasteiger partial charge in [-0.2, -0.15) is 5.26 Å². The molecule has 0 atom stereocenters. The standard InChI is InChI=1S/C39H31N3O7/c1-48-34-18-4-26(5-19-34)22-36(43)41-33-16-14-31(15-17-33)38(46)42(25-37(44)45)24-28-6-20-35(21-7-28)49-39(47)32-12-10-30(11-13-32)29-8-2-27(23-40)3-9-29/h2-21H,22,24-25H2,1H3,(H,41,43)(H,44,45). The van der Waals surface area contributed by atoms with E-state index in [1.807, 2.05) is 12.1 Å². The molecular weight excluding hydrogens is 622 g/mol. The zero-order chi connectivity index (χ0) is 34.8. The van der Waals surface area contributed by atoms with Crippen molar-refractivity contribution >= 4 is 29.4 Å². The number of anilines is 1. The largest absolute Gasteiger partial charge is 0.497 e. The van der Waals surface area contributed by atoms with E-state index >= 15 is 0 Å². The molecule has 49 heavy (non-hydrogen) atoms. The van der Waals surface area contributed by atoms with Gasteiger partial charge in [0.15, 0.2) is 0 Å². The molecule has 10 heteroatoms. The van der Waals surface area contributed by atoms with Crippen molar-refractivity contribution in [3.63, 3.8) is 0 Å². The lowest BCUT2D eigenvalue weighted by Crippen LogP contribution is -2.35. The number of ether oxygens (including phenoxy) is 2.